The van der Waals surface area contributed by atoms with Crippen LogP contribution in [0.25, 0.3) is 0 Å². The lowest BCUT2D eigenvalue weighted by atomic mass is 10.2. The SMILES string of the molecule is CSCCC(NS(=O)(=O)c1cccc(C(F)(F)F)c1)C(=O)OCC(=O)NC(=O)NC(C)C. The smallest absolute Gasteiger partial charge is 0.416 e. The van der Waals surface area contributed by atoms with E-state index in [1.54, 1.807) is 20.1 Å². The zero-order valence-electron chi connectivity index (χ0n) is 17.5. The van der Waals surface area contributed by atoms with Gasteiger partial charge in [0.2, 0.25) is 10.0 Å². The van der Waals surface area contributed by atoms with Crippen molar-refractivity contribution in [2.24, 2.45) is 0 Å². The van der Waals surface area contributed by atoms with Gasteiger partial charge in [-0.2, -0.15) is 29.7 Å². The van der Waals surface area contributed by atoms with Crippen LogP contribution in [0.15, 0.2) is 29.2 Å². The highest BCUT2D eigenvalue weighted by molar-refractivity contribution is 7.98. The van der Waals surface area contributed by atoms with E-state index in [0.29, 0.717) is 17.9 Å². The fraction of sp³-hybridized carbons (Fsp3) is 0.500. The normalized spacial score (nSPS) is 12.8. The maximum absolute atomic E-state index is 12.9. The molecule has 1 rings (SSSR count). The zero-order valence-corrected chi connectivity index (χ0v) is 19.1. The molecule has 0 saturated carbocycles. The first-order valence-electron chi connectivity index (χ1n) is 9.21. The van der Waals surface area contributed by atoms with Crippen molar-refractivity contribution in [3.05, 3.63) is 29.8 Å². The molecular weight excluding hydrogens is 475 g/mol. The number of rotatable bonds is 10. The van der Waals surface area contributed by atoms with Crippen LogP contribution in [-0.2, 0) is 30.5 Å². The predicted molar refractivity (Wildman–Crippen MR) is 111 cm³/mol. The van der Waals surface area contributed by atoms with Crippen LogP contribution in [0.2, 0.25) is 0 Å². The van der Waals surface area contributed by atoms with Crippen LogP contribution in [0.1, 0.15) is 25.8 Å². The molecule has 3 amide bonds. The lowest BCUT2D eigenvalue weighted by Crippen LogP contribution is -2.46. The van der Waals surface area contributed by atoms with Gasteiger partial charge in [-0.15, -0.1) is 0 Å². The first-order valence-corrected chi connectivity index (χ1v) is 12.1. The Morgan fingerprint density at radius 2 is 1.84 bits per heavy atom. The number of thioether (sulfide) groups is 1. The number of sulfonamides is 1. The van der Waals surface area contributed by atoms with E-state index >= 15 is 0 Å². The van der Waals surface area contributed by atoms with Gasteiger partial charge in [0.05, 0.1) is 10.5 Å². The molecule has 0 aliphatic heterocycles. The van der Waals surface area contributed by atoms with Gasteiger partial charge >= 0.3 is 18.2 Å². The van der Waals surface area contributed by atoms with Gasteiger partial charge in [0.25, 0.3) is 5.91 Å². The zero-order chi connectivity index (χ0) is 24.5. The number of ether oxygens (including phenoxy) is 1. The number of benzene rings is 1. The number of nitrogens with one attached hydrogen (secondary N) is 3. The Labute approximate surface area is 187 Å². The summed E-state index contributed by atoms with van der Waals surface area (Å²) in [6.45, 7) is 2.47. The van der Waals surface area contributed by atoms with Crippen molar-refractivity contribution in [2.75, 3.05) is 18.6 Å². The van der Waals surface area contributed by atoms with E-state index in [1.807, 2.05) is 10.0 Å². The first kappa shape index (κ1) is 27.7. The van der Waals surface area contributed by atoms with Gasteiger partial charge in [0, 0.05) is 6.04 Å². The number of hydrogen-bond donors (Lipinski definition) is 3. The van der Waals surface area contributed by atoms with Crippen LogP contribution in [0.5, 0.6) is 0 Å². The molecular formula is C18H24F3N3O6S2. The lowest BCUT2D eigenvalue weighted by Gasteiger charge is -2.18. The largest absolute Gasteiger partial charge is 0.454 e. The summed E-state index contributed by atoms with van der Waals surface area (Å²) < 4.78 is 70.6. The second kappa shape index (κ2) is 12.1. The quantitative estimate of drug-likeness (QED) is 0.419. The molecule has 0 fully saturated rings. The highest BCUT2D eigenvalue weighted by Crippen LogP contribution is 2.30. The summed E-state index contributed by atoms with van der Waals surface area (Å²) in [6.07, 6.45) is -3.10. The Bertz CT molecular complexity index is 923. The van der Waals surface area contributed by atoms with Crippen LogP contribution in [0.3, 0.4) is 0 Å². The molecule has 1 aromatic rings. The lowest BCUT2D eigenvalue weighted by molar-refractivity contribution is -0.150. The van der Waals surface area contributed by atoms with E-state index in [9.17, 15) is 36.0 Å². The number of urea groups is 1. The minimum atomic E-state index is -4.75. The molecule has 1 unspecified atom stereocenters. The molecule has 0 spiro atoms. The number of halogens is 3. The van der Waals surface area contributed by atoms with Crippen molar-refractivity contribution < 1.29 is 40.7 Å². The van der Waals surface area contributed by atoms with E-state index in [1.165, 1.54) is 11.8 Å². The third-order valence-electron chi connectivity index (χ3n) is 3.68. The molecule has 9 nitrogen and oxygen atoms in total. The molecule has 32 heavy (non-hydrogen) atoms. The predicted octanol–water partition coefficient (Wildman–Crippen LogP) is 1.88. The van der Waals surface area contributed by atoms with Gasteiger partial charge in [0.1, 0.15) is 6.04 Å². The molecule has 0 aliphatic carbocycles. The first-order chi connectivity index (χ1) is 14.8. The molecule has 0 saturated heterocycles. The number of amides is 3. The monoisotopic (exact) mass is 499 g/mol. The second-order valence-corrected chi connectivity index (χ2v) is 9.46. The molecule has 180 valence electrons. The second-order valence-electron chi connectivity index (χ2n) is 6.76. The highest BCUT2D eigenvalue weighted by Gasteiger charge is 2.33. The number of imide groups is 1. The Morgan fingerprint density at radius 3 is 2.41 bits per heavy atom. The van der Waals surface area contributed by atoms with E-state index in [-0.39, 0.29) is 12.5 Å². The minimum absolute atomic E-state index is 0.0480. The third-order valence-corrected chi connectivity index (χ3v) is 5.80. The number of esters is 1. The van der Waals surface area contributed by atoms with E-state index in [0.717, 1.165) is 12.1 Å². The molecule has 0 bridgehead atoms. The van der Waals surface area contributed by atoms with Gasteiger partial charge < -0.3 is 10.1 Å². The Morgan fingerprint density at radius 1 is 1.19 bits per heavy atom. The fourth-order valence-electron chi connectivity index (χ4n) is 2.25. The molecule has 0 aliphatic rings. The van der Waals surface area contributed by atoms with Crippen molar-refractivity contribution in [3.8, 4) is 0 Å². The topological polar surface area (TPSA) is 131 Å². The van der Waals surface area contributed by atoms with Gasteiger partial charge in [-0.05, 0) is 50.5 Å². The van der Waals surface area contributed by atoms with Crippen LogP contribution in [0, 0.1) is 0 Å². The van der Waals surface area contributed by atoms with Crippen molar-refractivity contribution in [1.29, 1.82) is 0 Å². The van der Waals surface area contributed by atoms with Gasteiger partial charge in [-0.1, -0.05) is 6.07 Å². The van der Waals surface area contributed by atoms with Gasteiger partial charge in [0.15, 0.2) is 6.61 Å². The molecule has 0 heterocycles. The molecule has 0 aromatic heterocycles. The van der Waals surface area contributed by atoms with Crippen LogP contribution in [-0.4, -0.2) is 57.0 Å². The van der Waals surface area contributed by atoms with Crippen molar-refractivity contribution in [1.82, 2.24) is 15.4 Å². The van der Waals surface area contributed by atoms with E-state index in [2.05, 4.69) is 5.32 Å². The molecule has 14 heteroatoms. The summed E-state index contributed by atoms with van der Waals surface area (Å²) in [4.78, 5) is 34.8. The maximum atomic E-state index is 12.9. The molecule has 3 N–H and O–H groups in total. The number of carbonyl (C=O) groups excluding carboxylic acids is 3. The van der Waals surface area contributed by atoms with Crippen molar-refractivity contribution in [3.63, 3.8) is 0 Å². The molecule has 0 radical (unpaired) electrons. The minimum Gasteiger partial charge on any atom is -0.454 e. The summed E-state index contributed by atoms with van der Waals surface area (Å²) in [5, 5.41) is 4.32. The fourth-order valence-corrected chi connectivity index (χ4v) is 3.99. The molecule has 1 aromatic carbocycles. The summed E-state index contributed by atoms with van der Waals surface area (Å²) in [6, 6.07) is 0.539. The van der Waals surface area contributed by atoms with Crippen LogP contribution >= 0.6 is 11.8 Å². The Kier molecular flexibility index (Phi) is 10.4. The van der Waals surface area contributed by atoms with E-state index < -0.39 is 57.2 Å². The van der Waals surface area contributed by atoms with Gasteiger partial charge in [-0.3, -0.25) is 14.9 Å². The number of alkyl halides is 3. The Hall–Kier alpha value is -2.32. The summed E-state index contributed by atoms with van der Waals surface area (Å²) in [5.74, 6) is -1.75. The molecule has 1 atom stereocenters. The maximum Gasteiger partial charge on any atom is 0.416 e. The van der Waals surface area contributed by atoms with E-state index in [4.69, 9.17) is 4.74 Å². The highest BCUT2D eigenvalue weighted by atomic mass is 32.2. The van der Waals surface area contributed by atoms with Crippen LogP contribution < -0.4 is 15.4 Å². The summed E-state index contributed by atoms with van der Waals surface area (Å²) >= 11 is 1.29. The standard InChI is InChI=1S/C18H24F3N3O6S2/c1-11(2)22-17(27)23-15(25)10-30-16(26)14(7-8-31-3)24-32(28,29)13-6-4-5-12(9-13)18(19,20)21/h4-6,9,11,14,24H,7-8,10H2,1-3H3,(H2,22,23,25,27). The number of hydrogen-bond acceptors (Lipinski definition) is 7. The average molecular weight is 500 g/mol. The van der Waals surface area contributed by atoms with Crippen molar-refractivity contribution in [2.45, 2.75) is 43.4 Å². The van der Waals surface area contributed by atoms with Crippen LogP contribution in [0.4, 0.5) is 18.0 Å². The summed E-state index contributed by atoms with van der Waals surface area (Å²) in [5.41, 5.74) is -1.17. The average Bonchev–Trinajstić information content (AvgIpc) is 2.68. The number of carbonyl (C=O) groups is 3. The Balaban J connectivity index is 2.88. The summed E-state index contributed by atoms with van der Waals surface area (Å²) in [7, 11) is -4.51. The van der Waals surface area contributed by atoms with Crippen molar-refractivity contribution >= 4 is 39.7 Å². The van der Waals surface area contributed by atoms with Gasteiger partial charge in [-0.25, -0.2) is 13.2 Å². The third kappa shape index (κ3) is 9.44.